The summed E-state index contributed by atoms with van der Waals surface area (Å²) in [4.78, 5) is 14.5. The number of ether oxygens (including phenoxy) is 3. The third kappa shape index (κ3) is 4.95. The zero-order valence-electron chi connectivity index (χ0n) is 18.1. The highest BCUT2D eigenvalue weighted by molar-refractivity contribution is 7.89. The van der Waals surface area contributed by atoms with E-state index in [9.17, 15) is 13.2 Å². The number of rotatable bonds is 7. The summed E-state index contributed by atoms with van der Waals surface area (Å²) < 4.78 is 43.5. The normalized spacial score (nSPS) is 15.5. The molecule has 170 valence electrons. The average Bonchev–Trinajstić information content (AvgIpc) is 2.83. The van der Waals surface area contributed by atoms with Crippen LogP contribution in [0.25, 0.3) is 0 Å². The number of methoxy groups -OCH3 is 2. The third-order valence-electron chi connectivity index (χ3n) is 5.17. The second-order valence-electron chi connectivity index (χ2n) is 7.15. The van der Waals surface area contributed by atoms with Gasteiger partial charge in [-0.25, -0.2) is 8.42 Å². The molecule has 9 nitrogen and oxygen atoms in total. The number of amides is 1. The molecule has 0 N–H and O–H groups in total. The number of sulfonamides is 1. The predicted octanol–water partition coefficient (Wildman–Crippen LogP) is 1.88. The summed E-state index contributed by atoms with van der Waals surface area (Å²) in [7, 11) is -0.825. The Morgan fingerprint density at radius 1 is 1.03 bits per heavy atom. The molecule has 3 rings (SSSR count). The molecule has 1 amide bonds. The van der Waals surface area contributed by atoms with Gasteiger partial charge >= 0.3 is 0 Å². The SMILES string of the molecule is COc1ccc(S(=O)(=O)N2CCN(C(=O)C(C)Oc3cccc(C#N)c3)CC2)cc1OC. The van der Waals surface area contributed by atoms with Gasteiger partial charge in [0.1, 0.15) is 5.75 Å². The molecule has 2 aromatic carbocycles. The Balaban J connectivity index is 1.63. The largest absolute Gasteiger partial charge is 0.493 e. The first-order chi connectivity index (χ1) is 15.3. The molecule has 1 unspecified atom stereocenters. The van der Waals surface area contributed by atoms with E-state index in [1.165, 1.54) is 30.7 Å². The van der Waals surface area contributed by atoms with Gasteiger partial charge in [0.05, 0.1) is 30.7 Å². The quantitative estimate of drug-likeness (QED) is 0.622. The number of hydrogen-bond acceptors (Lipinski definition) is 7. The minimum Gasteiger partial charge on any atom is -0.493 e. The summed E-state index contributed by atoms with van der Waals surface area (Å²) in [6.45, 7) is 2.46. The minimum absolute atomic E-state index is 0.101. The number of hydrogen-bond donors (Lipinski definition) is 0. The Labute approximate surface area is 187 Å². The molecule has 0 saturated carbocycles. The molecule has 0 radical (unpaired) electrons. The van der Waals surface area contributed by atoms with Crippen LogP contribution in [0, 0.1) is 11.3 Å². The molecule has 0 aliphatic carbocycles. The number of piperazine rings is 1. The molecule has 1 aliphatic heterocycles. The van der Waals surface area contributed by atoms with Gasteiger partial charge in [-0.15, -0.1) is 0 Å². The average molecular weight is 460 g/mol. The van der Waals surface area contributed by atoms with Gasteiger partial charge in [-0.3, -0.25) is 4.79 Å². The lowest BCUT2D eigenvalue weighted by Crippen LogP contribution is -2.53. The lowest BCUT2D eigenvalue weighted by Gasteiger charge is -2.35. The van der Waals surface area contributed by atoms with Gasteiger partial charge in [0.15, 0.2) is 17.6 Å². The van der Waals surface area contributed by atoms with E-state index < -0.39 is 16.1 Å². The highest BCUT2D eigenvalue weighted by atomic mass is 32.2. The van der Waals surface area contributed by atoms with Crippen LogP contribution < -0.4 is 14.2 Å². The van der Waals surface area contributed by atoms with Crippen molar-refractivity contribution in [1.82, 2.24) is 9.21 Å². The summed E-state index contributed by atoms with van der Waals surface area (Å²) in [5.74, 6) is 0.958. The van der Waals surface area contributed by atoms with Crippen molar-refractivity contribution >= 4 is 15.9 Å². The molecule has 1 heterocycles. The second kappa shape index (κ2) is 9.89. The van der Waals surface area contributed by atoms with Crippen LogP contribution in [-0.4, -0.2) is 70.0 Å². The van der Waals surface area contributed by atoms with E-state index >= 15 is 0 Å². The van der Waals surface area contributed by atoms with E-state index in [0.29, 0.717) is 22.8 Å². The van der Waals surface area contributed by atoms with Crippen LogP contribution in [0.3, 0.4) is 0 Å². The zero-order valence-corrected chi connectivity index (χ0v) is 19.0. The number of carbonyl (C=O) groups is 1. The fourth-order valence-electron chi connectivity index (χ4n) is 3.43. The van der Waals surface area contributed by atoms with Crippen LogP contribution in [-0.2, 0) is 14.8 Å². The van der Waals surface area contributed by atoms with Crippen LogP contribution in [0.4, 0.5) is 0 Å². The van der Waals surface area contributed by atoms with E-state index in [1.807, 2.05) is 6.07 Å². The van der Waals surface area contributed by atoms with Crippen LogP contribution in [0.1, 0.15) is 12.5 Å². The van der Waals surface area contributed by atoms with Crippen molar-refractivity contribution in [1.29, 1.82) is 5.26 Å². The first-order valence-electron chi connectivity index (χ1n) is 9.98. The van der Waals surface area contributed by atoms with Crippen LogP contribution >= 0.6 is 0 Å². The van der Waals surface area contributed by atoms with Crippen molar-refractivity contribution in [2.45, 2.75) is 17.9 Å². The number of nitriles is 1. The van der Waals surface area contributed by atoms with E-state index in [2.05, 4.69) is 0 Å². The zero-order chi connectivity index (χ0) is 23.3. The summed E-state index contributed by atoms with van der Waals surface area (Å²) in [5.41, 5.74) is 0.441. The summed E-state index contributed by atoms with van der Waals surface area (Å²) in [5, 5.41) is 8.99. The fourth-order valence-corrected chi connectivity index (χ4v) is 4.86. The summed E-state index contributed by atoms with van der Waals surface area (Å²) >= 11 is 0. The van der Waals surface area contributed by atoms with Gasteiger partial charge in [0.2, 0.25) is 10.0 Å². The van der Waals surface area contributed by atoms with Crippen molar-refractivity contribution < 1.29 is 27.4 Å². The van der Waals surface area contributed by atoms with Gasteiger partial charge in [-0.2, -0.15) is 9.57 Å². The highest BCUT2D eigenvalue weighted by Crippen LogP contribution is 2.31. The molecular formula is C22H25N3O6S. The molecule has 32 heavy (non-hydrogen) atoms. The fraction of sp³-hybridized carbons (Fsp3) is 0.364. The third-order valence-corrected chi connectivity index (χ3v) is 7.06. The van der Waals surface area contributed by atoms with Gasteiger partial charge in [-0.1, -0.05) is 6.07 Å². The number of benzene rings is 2. The van der Waals surface area contributed by atoms with Crippen molar-refractivity contribution in [2.24, 2.45) is 0 Å². The van der Waals surface area contributed by atoms with Crippen molar-refractivity contribution in [3.05, 3.63) is 48.0 Å². The van der Waals surface area contributed by atoms with E-state index in [0.717, 1.165) is 0 Å². The topological polar surface area (TPSA) is 109 Å². The number of carbonyl (C=O) groups excluding carboxylic acids is 1. The Hall–Kier alpha value is -3.29. The summed E-state index contributed by atoms with van der Waals surface area (Å²) in [6, 6.07) is 13.1. The van der Waals surface area contributed by atoms with Gasteiger partial charge in [0.25, 0.3) is 5.91 Å². The van der Waals surface area contributed by atoms with Crippen LogP contribution in [0.2, 0.25) is 0 Å². The van der Waals surface area contributed by atoms with Gasteiger partial charge in [-0.05, 0) is 37.3 Å². The molecule has 2 aromatic rings. The maximum Gasteiger partial charge on any atom is 0.263 e. The standard InChI is InChI=1S/C22H25N3O6S/c1-16(31-18-6-4-5-17(13-18)15-23)22(26)24-9-11-25(12-10-24)32(27,28)19-7-8-20(29-2)21(14-19)30-3/h4-8,13-14,16H,9-12H2,1-3H3. The second-order valence-corrected chi connectivity index (χ2v) is 9.08. The maximum absolute atomic E-state index is 13.0. The molecule has 1 aliphatic rings. The Kier molecular flexibility index (Phi) is 7.22. The van der Waals surface area contributed by atoms with Crippen LogP contribution in [0.15, 0.2) is 47.4 Å². The lowest BCUT2D eigenvalue weighted by atomic mass is 10.2. The first-order valence-corrected chi connectivity index (χ1v) is 11.4. The van der Waals surface area contributed by atoms with Crippen molar-refractivity contribution in [3.8, 4) is 23.3 Å². The Morgan fingerprint density at radius 3 is 2.34 bits per heavy atom. The molecule has 0 bridgehead atoms. The van der Waals surface area contributed by atoms with Crippen molar-refractivity contribution in [3.63, 3.8) is 0 Å². The monoisotopic (exact) mass is 459 g/mol. The van der Waals surface area contributed by atoms with Crippen molar-refractivity contribution in [2.75, 3.05) is 40.4 Å². The molecule has 0 spiro atoms. The predicted molar refractivity (Wildman–Crippen MR) is 116 cm³/mol. The van der Waals surface area contributed by atoms with E-state index in [4.69, 9.17) is 19.5 Å². The lowest BCUT2D eigenvalue weighted by molar-refractivity contribution is -0.139. The number of nitrogens with zero attached hydrogens (tertiary/aromatic N) is 3. The Morgan fingerprint density at radius 2 is 1.72 bits per heavy atom. The summed E-state index contributed by atoms with van der Waals surface area (Å²) in [6.07, 6.45) is -0.766. The van der Waals surface area contributed by atoms with E-state index in [-0.39, 0.29) is 37.0 Å². The minimum atomic E-state index is -3.75. The highest BCUT2D eigenvalue weighted by Gasteiger charge is 2.32. The van der Waals surface area contributed by atoms with Gasteiger partial charge < -0.3 is 19.1 Å². The molecule has 1 fully saturated rings. The molecular weight excluding hydrogens is 434 g/mol. The first kappa shape index (κ1) is 23.4. The molecule has 10 heteroatoms. The smallest absolute Gasteiger partial charge is 0.263 e. The maximum atomic E-state index is 13.0. The molecule has 0 aromatic heterocycles. The van der Waals surface area contributed by atoms with Crippen LogP contribution in [0.5, 0.6) is 17.2 Å². The Bertz CT molecular complexity index is 1120. The molecule has 1 atom stereocenters. The van der Waals surface area contributed by atoms with E-state index in [1.54, 1.807) is 42.2 Å². The molecule has 1 saturated heterocycles. The van der Waals surface area contributed by atoms with Gasteiger partial charge in [0, 0.05) is 32.2 Å².